The Morgan fingerprint density at radius 3 is 3.07 bits per heavy atom. The third-order valence-corrected chi connectivity index (χ3v) is 2.29. The van der Waals surface area contributed by atoms with E-state index in [0.29, 0.717) is 16.8 Å². The van der Waals surface area contributed by atoms with E-state index in [9.17, 15) is 0 Å². The molecule has 0 aliphatic rings. The number of hydrogen-bond donors (Lipinski definition) is 2. The van der Waals surface area contributed by atoms with Crippen molar-refractivity contribution in [1.82, 2.24) is 4.98 Å². The Balaban J connectivity index is 2.63. The molecule has 0 aliphatic heterocycles. The van der Waals surface area contributed by atoms with E-state index in [1.54, 1.807) is 12.1 Å². The molecular formula is C10H12N2O3. The molecule has 1 unspecified atom stereocenters. The molecule has 0 spiro atoms. The number of fused-ring (bicyclic) bond motifs is 1. The molecule has 2 rings (SSSR count). The van der Waals surface area contributed by atoms with Crippen molar-refractivity contribution in [2.45, 2.75) is 6.04 Å². The summed E-state index contributed by atoms with van der Waals surface area (Å²) in [6.07, 6.45) is 1.35. The summed E-state index contributed by atoms with van der Waals surface area (Å²) in [5.41, 5.74) is 7.73. The summed E-state index contributed by atoms with van der Waals surface area (Å²) in [7, 11) is 1.54. The fourth-order valence-corrected chi connectivity index (χ4v) is 1.53. The van der Waals surface area contributed by atoms with Crippen molar-refractivity contribution in [2.75, 3.05) is 13.7 Å². The number of benzene rings is 1. The highest BCUT2D eigenvalue weighted by atomic mass is 16.5. The van der Waals surface area contributed by atoms with Crippen LogP contribution in [0.5, 0.6) is 5.75 Å². The first kappa shape index (κ1) is 9.95. The second-order valence-electron chi connectivity index (χ2n) is 3.18. The average Bonchev–Trinajstić information content (AvgIpc) is 2.74. The second kappa shape index (κ2) is 3.88. The van der Waals surface area contributed by atoms with Crippen molar-refractivity contribution in [3.63, 3.8) is 0 Å². The molecule has 5 heteroatoms. The van der Waals surface area contributed by atoms with Crippen molar-refractivity contribution in [1.29, 1.82) is 0 Å². The number of ether oxygens (including phenoxy) is 1. The van der Waals surface area contributed by atoms with Gasteiger partial charge in [-0.25, -0.2) is 4.98 Å². The fourth-order valence-electron chi connectivity index (χ4n) is 1.53. The minimum absolute atomic E-state index is 0.139. The lowest BCUT2D eigenvalue weighted by Gasteiger charge is -2.12. The third-order valence-electron chi connectivity index (χ3n) is 2.29. The quantitative estimate of drug-likeness (QED) is 0.780. The molecule has 0 aliphatic carbocycles. The second-order valence-corrected chi connectivity index (χ2v) is 3.18. The molecule has 0 saturated carbocycles. The minimum Gasteiger partial charge on any atom is -0.494 e. The number of oxazole rings is 1. The van der Waals surface area contributed by atoms with Gasteiger partial charge in [0.05, 0.1) is 19.8 Å². The number of hydrogen-bond acceptors (Lipinski definition) is 5. The average molecular weight is 208 g/mol. The monoisotopic (exact) mass is 208 g/mol. The van der Waals surface area contributed by atoms with Crippen LogP contribution in [-0.2, 0) is 0 Å². The van der Waals surface area contributed by atoms with Crippen LogP contribution >= 0.6 is 0 Å². The summed E-state index contributed by atoms with van der Waals surface area (Å²) in [6, 6.07) is 3.06. The van der Waals surface area contributed by atoms with Gasteiger partial charge in [-0.2, -0.15) is 0 Å². The molecule has 3 N–H and O–H groups in total. The lowest BCUT2D eigenvalue weighted by atomic mass is 10.1. The van der Waals surface area contributed by atoms with Gasteiger partial charge in [0.2, 0.25) is 0 Å². The van der Waals surface area contributed by atoms with Crippen LogP contribution in [0.1, 0.15) is 11.6 Å². The molecule has 2 aromatic rings. The maximum absolute atomic E-state index is 9.01. The SMILES string of the molecule is COc1c(C(N)CO)ccc2ocnc12. The van der Waals surface area contributed by atoms with Gasteiger partial charge in [-0.1, -0.05) is 0 Å². The van der Waals surface area contributed by atoms with Crippen molar-refractivity contribution < 1.29 is 14.3 Å². The molecule has 5 nitrogen and oxygen atoms in total. The number of nitrogens with zero attached hydrogens (tertiary/aromatic N) is 1. The van der Waals surface area contributed by atoms with Gasteiger partial charge in [0.25, 0.3) is 0 Å². The Morgan fingerprint density at radius 1 is 1.60 bits per heavy atom. The first-order chi connectivity index (χ1) is 7.27. The van der Waals surface area contributed by atoms with Crippen LogP contribution < -0.4 is 10.5 Å². The first-order valence-electron chi connectivity index (χ1n) is 4.54. The molecule has 0 fully saturated rings. The van der Waals surface area contributed by atoms with Gasteiger partial charge in [-0.05, 0) is 12.1 Å². The number of nitrogens with two attached hydrogens (primary N) is 1. The maximum Gasteiger partial charge on any atom is 0.182 e. The molecule has 1 aromatic heterocycles. The summed E-state index contributed by atoms with van der Waals surface area (Å²) in [5.74, 6) is 0.558. The Bertz CT molecular complexity index is 467. The van der Waals surface area contributed by atoms with E-state index >= 15 is 0 Å². The summed E-state index contributed by atoms with van der Waals surface area (Å²) < 4.78 is 10.4. The highest BCUT2D eigenvalue weighted by Crippen LogP contribution is 2.31. The lowest BCUT2D eigenvalue weighted by molar-refractivity contribution is 0.265. The van der Waals surface area contributed by atoms with Gasteiger partial charge in [0, 0.05) is 5.56 Å². The van der Waals surface area contributed by atoms with Crippen LogP contribution in [0, 0.1) is 0 Å². The predicted molar refractivity (Wildman–Crippen MR) is 54.6 cm³/mol. The number of aliphatic hydroxyl groups is 1. The van der Waals surface area contributed by atoms with Crippen molar-refractivity contribution in [3.8, 4) is 5.75 Å². The molecule has 1 aromatic carbocycles. The molecule has 0 amide bonds. The van der Waals surface area contributed by atoms with Gasteiger partial charge in [0.15, 0.2) is 23.2 Å². The molecule has 0 saturated heterocycles. The van der Waals surface area contributed by atoms with Crippen molar-refractivity contribution >= 4 is 11.1 Å². The van der Waals surface area contributed by atoms with E-state index in [1.807, 2.05) is 0 Å². The number of rotatable bonds is 3. The number of methoxy groups -OCH3 is 1. The topological polar surface area (TPSA) is 81.5 Å². The van der Waals surface area contributed by atoms with Gasteiger partial charge >= 0.3 is 0 Å². The first-order valence-corrected chi connectivity index (χ1v) is 4.54. The Kier molecular flexibility index (Phi) is 2.57. The zero-order chi connectivity index (χ0) is 10.8. The lowest BCUT2D eigenvalue weighted by Crippen LogP contribution is -2.15. The highest BCUT2D eigenvalue weighted by Gasteiger charge is 2.16. The van der Waals surface area contributed by atoms with E-state index in [1.165, 1.54) is 13.5 Å². The van der Waals surface area contributed by atoms with Gasteiger partial charge < -0.3 is 20.0 Å². The molecule has 1 atom stereocenters. The Morgan fingerprint density at radius 2 is 2.40 bits per heavy atom. The zero-order valence-corrected chi connectivity index (χ0v) is 8.30. The van der Waals surface area contributed by atoms with Gasteiger partial charge in [-0.3, -0.25) is 0 Å². The molecule has 0 radical (unpaired) electrons. The van der Waals surface area contributed by atoms with E-state index in [2.05, 4.69) is 4.98 Å². The van der Waals surface area contributed by atoms with Gasteiger partial charge in [-0.15, -0.1) is 0 Å². The Labute approximate surface area is 86.5 Å². The van der Waals surface area contributed by atoms with Crippen molar-refractivity contribution in [2.24, 2.45) is 5.73 Å². The standard InChI is InChI=1S/C10H12N2O3/c1-14-10-6(7(11)4-13)2-3-8-9(10)12-5-15-8/h2-3,5,7,13H,4,11H2,1H3. The van der Waals surface area contributed by atoms with Crippen LogP contribution in [0.15, 0.2) is 22.9 Å². The normalized spacial score (nSPS) is 13.0. The smallest absolute Gasteiger partial charge is 0.182 e. The summed E-state index contributed by atoms with van der Waals surface area (Å²) in [4.78, 5) is 4.04. The van der Waals surface area contributed by atoms with Crippen LogP contribution in [0.2, 0.25) is 0 Å². The summed E-state index contributed by atoms with van der Waals surface area (Å²) in [6.45, 7) is -0.139. The highest BCUT2D eigenvalue weighted by molar-refractivity contribution is 5.81. The third kappa shape index (κ3) is 1.55. The van der Waals surface area contributed by atoms with Crippen LogP contribution in [-0.4, -0.2) is 23.8 Å². The number of aliphatic hydroxyl groups excluding tert-OH is 1. The van der Waals surface area contributed by atoms with E-state index in [-0.39, 0.29) is 6.61 Å². The molecule has 80 valence electrons. The zero-order valence-electron chi connectivity index (χ0n) is 8.30. The van der Waals surface area contributed by atoms with Crippen LogP contribution in [0.4, 0.5) is 0 Å². The van der Waals surface area contributed by atoms with Gasteiger partial charge in [0.1, 0.15) is 0 Å². The largest absolute Gasteiger partial charge is 0.494 e. The summed E-state index contributed by atoms with van der Waals surface area (Å²) in [5, 5.41) is 9.01. The predicted octanol–water partition coefficient (Wildman–Crippen LogP) is 0.828. The maximum atomic E-state index is 9.01. The number of aromatic nitrogens is 1. The fraction of sp³-hybridized carbons (Fsp3) is 0.300. The minimum atomic E-state index is -0.471. The van der Waals surface area contributed by atoms with Crippen LogP contribution in [0.25, 0.3) is 11.1 Å². The molecule has 15 heavy (non-hydrogen) atoms. The Hall–Kier alpha value is -1.59. The van der Waals surface area contributed by atoms with E-state index < -0.39 is 6.04 Å². The van der Waals surface area contributed by atoms with Crippen molar-refractivity contribution in [3.05, 3.63) is 24.1 Å². The van der Waals surface area contributed by atoms with E-state index in [4.69, 9.17) is 20.0 Å². The molecular weight excluding hydrogens is 196 g/mol. The molecule has 1 heterocycles. The molecule has 0 bridgehead atoms. The van der Waals surface area contributed by atoms with E-state index in [0.717, 1.165) is 5.56 Å². The summed E-state index contributed by atoms with van der Waals surface area (Å²) >= 11 is 0. The van der Waals surface area contributed by atoms with Crippen LogP contribution in [0.3, 0.4) is 0 Å².